The van der Waals surface area contributed by atoms with E-state index in [9.17, 15) is 9.59 Å². The number of aryl methyl sites for hydroxylation is 2. The standard InChI is InChI=1S/C15H20BrN3O2/c1-10-8-12(16)9-11(2)13(10)18-14(20)15(21)19-6-3-4-17-5-7-19/h8-9,17H,3-7H2,1-2H3,(H,18,20). The van der Waals surface area contributed by atoms with E-state index < -0.39 is 11.8 Å². The number of hydrogen-bond donors (Lipinski definition) is 2. The maximum absolute atomic E-state index is 12.2. The summed E-state index contributed by atoms with van der Waals surface area (Å²) in [5, 5.41) is 5.97. The first kappa shape index (κ1) is 16.0. The van der Waals surface area contributed by atoms with Crippen molar-refractivity contribution in [3.63, 3.8) is 0 Å². The van der Waals surface area contributed by atoms with Crippen LogP contribution in [0, 0.1) is 13.8 Å². The summed E-state index contributed by atoms with van der Waals surface area (Å²) in [6, 6.07) is 3.84. The van der Waals surface area contributed by atoms with Crippen molar-refractivity contribution in [2.45, 2.75) is 20.3 Å². The Morgan fingerprint density at radius 3 is 2.52 bits per heavy atom. The van der Waals surface area contributed by atoms with Gasteiger partial charge in [-0.1, -0.05) is 15.9 Å². The van der Waals surface area contributed by atoms with Gasteiger partial charge in [-0.05, 0) is 50.1 Å². The van der Waals surface area contributed by atoms with Gasteiger partial charge in [0.1, 0.15) is 0 Å². The van der Waals surface area contributed by atoms with E-state index in [1.54, 1.807) is 4.90 Å². The van der Waals surface area contributed by atoms with E-state index in [0.29, 0.717) is 18.8 Å². The van der Waals surface area contributed by atoms with Gasteiger partial charge in [0.25, 0.3) is 0 Å². The van der Waals surface area contributed by atoms with Crippen molar-refractivity contribution >= 4 is 33.4 Å². The van der Waals surface area contributed by atoms with Crippen LogP contribution in [0.4, 0.5) is 5.69 Å². The van der Waals surface area contributed by atoms with Crippen LogP contribution in [-0.4, -0.2) is 42.9 Å². The van der Waals surface area contributed by atoms with Gasteiger partial charge in [-0.15, -0.1) is 0 Å². The summed E-state index contributed by atoms with van der Waals surface area (Å²) in [7, 11) is 0. The summed E-state index contributed by atoms with van der Waals surface area (Å²) in [6.45, 7) is 6.63. The van der Waals surface area contributed by atoms with Gasteiger partial charge in [-0.2, -0.15) is 0 Å². The summed E-state index contributed by atoms with van der Waals surface area (Å²) < 4.78 is 0.959. The monoisotopic (exact) mass is 353 g/mol. The van der Waals surface area contributed by atoms with Crippen molar-refractivity contribution in [3.8, 4) is 0 Å². The quantitative estimate of drug-likeness (QED) is 0.757. The molecule has 1 aliphatic rings. The van der Waals surface area contributed by atoms with Crippen LogP contribution >= 0.6 is 15.9 Å². The van der Waals surface area contributed by atoms with Crippen LogP contribution in [-0.2, 0) is 9.59 Å². The molecule has 2 N–H and O–H groups in total. The Balaban J connectivity index is 2.08. The van der Waals surface area contributed by atoms with Gasteiger partial charge in [-0.3, -0.25) is 9.59 Å². The molecule has 6 heteroatoms. The van der Waals surface area contributed by atoms with Gasteiger partial charge in [-0.25, -0.2) is 0 Å². The zero-order valence-corrected chi connectivity index (χ0v) is 13.9. The Bertz CT molecular complexity index is 529. The summed E-state index contributed by atoms with van der Waals surface area (Å²) in [5.41, 5.74) is 2.57. The molecule has 1 aromatic rings. The maximum Gasteiger partial charge on any atom is 0.313 e. The first-order valence-electron chi connectivity index (χ1n) is 7.07. The van der Waals surface area contributed by atoms with Crippen molar-refractivity contribution in [1.29, 1.82) is 0 Å². The number of rotatable bonds is 1. The molecule has 21 heavy (non-hydrogen) atoms. The Labute approximate surface area is 133 Å². The molecule has 0 unspecified atom stereocenters. The molecular formula is C15H20BrN3O2. The summed E-state index contributed by atoms with van der Waals surface area (Å²) in [5.74, 6) is -1.02. The highest BCUT2D eigenvalue weighted by Crippen LogP contribution is 2.25. The van der Waals surface area contributed by atoms with Crippen LogP contribution in [0.1, 0.15) is 17.5 Å². The smallest absolute Gasteiger partial charge is 0.313 e. The van der Waals surface area contributed by atoms with E-state index in [4.69, 9.17) is 0 Å². The molecule has 0 saturated carbocycles. The number of nitrogens with one attached hydrogen (secondary N) is 2. The number of amides is 2. The number of carbonyl (C=O) groups is 2. The van der Waals surface area contributed by atoms with E-state index in [1.165, 1.54) is 0 Å². The van der Waals surface area contributed by atoms with Crippen LogP contribution in [0.3, 0.4) is 0 Å². The molecule has 5 nitrogen and oxygen atoms in total. The fourth-order valence-electron chi connectivity index (χ4n) is 2.47. The summed E-state index contributed by atoms with van der Waals surface area (Å²) in [6.07, 6.45) is 0.870. The first-order chi connectivity index (χ1) is 9.99. The second-order valence-electron chi connectivity index (χ2n) is 5.26. The Morgan fingerprint density at radius 1 is 1.19 bits per heavy atom. The van der Waals surface area contributed by atoms with Crippen LogP contribution in [0.15, 0.2) is 16.6 Å². The predicted molar refractivity (Wildman–Crippen MR) is 86.3 cm³/mol. The van der Waals surface area contributed by atoms with Crippen molar-refractivity contribution in [2.75, 3.05) is 31.5 Å². The highest BCUT2D eigenvalue weighted by atomic mass is 79.9. The minimum Gasteiger partial charge on any atom is -0.333 e. The average molecular weight is 354 g/mol. The Hall–Kier alpha value is -1.40. The fraction of sp³-hybridized carbons (Fsp3) is 0.467. The number of anilines is 1. The third kappa shape index (κ3) is 4.04. The lowest BCUT2D eigenvalue weighted by Gasteiger charge is -2.20. The topological polar surface area (TPSA) is 61.4 Å². The molecule has 0 radical (unpaired) electrons. The molecule has 2 amide bonds. The SMILES string of the molecule is Cc1cc(Br)cc(C)c1NC(=O)C(=O)N1CCCNCC1. The van der Waals surface area contributed by atoms with Crippen LogP contribution < -0.4 is 10.6 Å². The molecule has 1 fully saturated rings. The number of nitrogens with zero attached hydrogens (tertiary/aromatic N) is 1. The molecule has 0 bridgehead atoms. The number of hydrogen-bond acceptors (Lipinski definition) is 3. The highest BCUT2D eigenvalue weighted by molar-refractivity contribution is 9.10. The molecule has 1 aromatic carbocycles. The van der Waals surface area contributed by atoms with Gasteiger partial charge < -0.3 is 15.5 Å². The molecule has 0 aromatic heterocycles. The minimum atomic E-state index is -0.564. The van der Waals surface area contributed by atoms with Gasteiger partial charge in [0.2, 0.25) is 0 Å². The molecule has 114 valence electrons. The normalized spacial score (nSPS) is 15.5. The minimum absolute atomic E-state index is 0.458. The lowest BCUT2D eigenvalue weighted by atomic mass is 10.1. The van der Waals surface area contributed by atoms with E-state index in [0.717, 1.165) is 35.1 Å². The molecule has 0 spiro atoms. The molecule has 1 saturated heterocycles. The highest BCUT2D eigenvalue weighted by Gasteiger charge is 2.23. The second kappa shape index (κ2) is 7.04. The number of carbonyl (C=O) groups excluding carboxylic acids is 2. The maximum atomic E-state index is 12.2. The van der Waals surface area contributed by atoms with Crippen molar-refractivity contribution in [3.05, 3.63) is 27.7 Å². The van der Waals surface area contributed by atoms with Gasteiger partial charge in [0, 0.05) is 29.8 Å². The van der Waals surface area contributed by atoms with Crippen LogP contribution in [0.5, 0.6) is 0 Å². The van der Waals surface area contributed by atoms with E-state index in [-0.39, 0.29) is 0 Å². The van der Waals surface area contributed by atoms with E-state index >= 15 is 0 Å². The van der Waals surface area contributed by atoms with Crippen molar-refractivity contribution in [2.24, 2.45) is 0 Å². The number of benzene rings is 1. The molecule has 1 heterocycles. The molecular weight excluding hydrogens is 334 g/mol. The van der Waals surface area contributed by atoms with Crippen molar-refractivity contribution in [1.82, 2.24) is 10.2 Å². The molecule has 0 atom stereocenters. The second-order valence-corrected chi connectivity index (χ2v) is 6.18. The van der Waals surface area contributed by atoms with E-state index in [1.807, 2.05) is 26.0 Å². The summed E-state index contributed by atoms with van der Waals surface area (Å²) >= 11 is 3.42. The van der Waals surface area contributed by atoms with Crippen LogP contribution in [0.25, 0.3) is 0 Å². The predicted octanol–water partition coefficient (Wildman–Crippen LogP) is 1.83. The third-order valence-corrected chi connectivity index (χ3v) is 4.02. The Kier molecular flexibility index (Phi) is 5.36. The zero-order valence-electron chi connectivity index (χ0n) is 12.3. The first-order valence-corrected chi connectivity index (χ1v) is 7.86. The Morgan fingerprint density at radius 2 is 1.86 bits per heavy atom. The lowest BCUT2D eigenvalue weighted by molar-refractivity contribution is -0.143. The van der Waals surface area contributed by atoms with E-state index in [2.05, 4.69) is 26.6 Å². The third-order valence-electron chi connectivity index (χ3n) is 3.56. The van der Waals surface area contributed by atoms with Crippen molar-refractivity contribution < 1.29 is 9.59 Å². The largest absolute Gasteiger partial charge is 0.333 e. The van der Waals surface area contributed by atoms with Gasteiger partial charge in [0.15, 0.2) is 0 Å². The zero-order chi connectivity index (χ0) is 15.4. The van der Waals surface area contributed by atoms with Crippen LogP contribution in [0.2, 0.25) is 0 Å². The van der Waals surface area contributed by atoms with Gasteiger partial charge >= 0.3 is 11.8 Å². The fourth-order valence-corrected chi connectivity index (χ4v) is 3.15. The molecule has 2 rings (SSSR count). The lowest BCUT2D eigenvalue weighted by Crippen LogP contribution is -2.41. The summed E-state index contributed by atoms with van der Waals surface area (Å²) in [4.78, 5) is 26.0. The molecule has 1 aliphatic heterocycles. The molecule has 0 aliphatic carbocycles. The average Bonchev–Trinajstić information content (AvgIpc) is 2.70. The van der Waals surface area contributed by atoms with Gasteiger partial charge in [0.05, 0.1) is 0 Å². The number of halogens is 1.